The zero-order valence-corrected chi connectivity index (χ0v) is 18.3. The van der Waals surface area contributed by atoms with Gasteiger partial charge in [0.15, 0.2) is 0 Å². The lowest BCUT2D eigenvalue weighted by Gasteiger charge is -2.19. The van der Waals surface area contributed by atoms with Crippen LogP contribution >= 0.6 is 0 Å². The van der Waals surface area contributed by atoms with Crippen LogP contribution in [0.15, 0.2) is 77.9 Å². The van der Waals surface area contributed by atoms with Crippen molar-refractivity contribution in [2.45, 2.75) is 32.7 Å². The number of hydrogen-bond acceptors (Lipinski definition) is 4. The minimum absolute atomic E-state index is 0.0235. The Hall–Kier alpha value is -3.67. The van der Waals surface area contributed by atoms with Gasteiger partial charge < -0.3 is 10.1 Å². The van der Waals surface area contributed by atoms with Crippen molar-refractivity contribution in [1.29, 1.82) is 0 Å². The van der Waals surface area contributed by atoms with Crippen LogP contribution in [0.25, 0.3) is 0 Å². The Morgan fingerprint density at radius 2 is 1.71 bits per heavy atom. The topological polar surface area (TPSA) is 75.6 Å². The Kier molecular flexibility index (Phi) is 7.03. The van der Waals surface area contributed by atoms with E-state index in [0.29, 0.717) is 29.5 Å². The smallest absolute Gasteiger partial charge is 0.257 e. The first-order chi connectivity index (χ1) is 14.9. The van der Waals surface area contributed by atoms with Gasteiger partial charge in [0.2, 0.25) is 5.96 Å². The van der Waals surface area contributed by atoms with Crippen molar-refractivity contribution in [3.05, 3.63) is 89.7 Å². The van der Waals surface area contributed by atoms with Crippen molar-refractivity contribution in [1.82, 2.24) is 10.3 Å². The number of hydrogen-bond donors (Lipinski definition) is 2. The molecule has 0 atom stereocenters. The molecule has 0 fully saturated rings. The lowest BCUT2D eigenvalue weighted by molar-refractivity contribution is 0.0977. The zero-order chi connectivity index (χ0) is 22.3. The van der Waals surface area contributed by atoms with Crippen LogP contribution in [0.5, 0.6) is 5.75 Å². The number of aromatic nitrogens is 1. The normalized spacial score (nSPS) is 11.7. The first kappa shape index (κ1) is 22.0. The summed E-state index contributed by atoms with van der Waals surface area (Å²) in [4.78, 5) is 21.7. The van der Waals surface area contributed by atoms with Crippen LogP contribution in [-0.4, -0.2) is 24.0 Å². The number of guanidine groups is 1. The monoisotopic (exact) mass is 416 g/mol. The summed E-state index contributed by atoms with van der Waals surface area (Å²) in [5.74, 6) is 0.722. The van der Waals surface area contributed by atoms with Crippen molar-refractivity contribution >= 4 is 17.6 Å². The third-order valence-electron chi connectivity index (χ3n) is 4.73. The number of carbonyl (C=O) groups excluding carboxylic acids is 1. The molecule has 0 saturated carbocycles. The minimum atomic E-state index is -0.248. The maximum absolute atomic E-state index is 12.9. The molecule has 0 saturated heterocycles. The number of nitrogens with one attached hydrogen (secondary N) is 2. The molecule has 3 aromatic rings. The van der Waals surface area contributed by atoms with Gasteiger partial charge in [0, 0.05) is 11.8 Å². The number of methoxy groups -OCH3 is 1. The van der Waals surface area contributed by atoms with Gasteiger partial charge in [0.25, 0.3) is 5.91 Å². The van der Waals surface area contributed by atoms with Gasteiger partial charge in [-0.25, -0.2) is 4.99 Å². The van der Waals surface area contributed by atoms with Gasteiger partial charge in [-0.05, 0) is 47.4 Å². The molecule has 6 nitrogen and oxygen atoms in total. The SMILES string of the molecule is COc1ccccc1NC(=NCc1ccccn1)NC(=O)c1ccc(C(C)(C)C)cc1. The second-order valence-corrected chi connectivity index (χ2v) is 8.09. The number of nitrogens with zero attached hydrogens (tertiary/aromatic N) is 2. The lowest BCUT2D eigenvalue weighted by atomic mass is 9.87. The number of benzene rings is 2. The summed E-state index contributed by atoms with van der Waals surface area (Å²) in [6.45, 7) is 6.74. The fourth-order valence-corrected chi connectivity index (χ4v) is 2.94. The van der Waals surface area contributed by atoms with Gasteiger partial charge in [-0.15, -0.1) is 0 Å². The van der Waals surface area contributed by atoms with Crippen LogP contribution < -0.4 is 15.4 Å². The third kappa shape index (κ3) is 6.15. The van der Waals surface area contributed by atoms with Gasteiger partial charge in [-0.1, -0.05) is 51.1 Å². The molecule has 1 amide bonds. The molecule has 0 spiro atoms. The highest BCUT2D eigenvalue weighted by Gasteiger charge is 2.15. The molecule has 160 valence electrons. The van der Waals surface area contributed by atoms with E-state index >= 15 is 0 Å². The summed E-state index contributed by atoms with van der Waals surface area (Å²) >= 11 is 0. The molecule has 0 aliphatic carbocycles. The maximum atomic E-state index is 12.9. The molecule has 1 aromatic heterocycles. The summed E-state index contributed by atoms with van der Waals surface area (Å²) in [5, 5.41) is 6.05. The Balaban J connectivity index is 1.82. The average molecular weight is 417 g/mol. The van der Waals surface area contributed by atoms with Crippen LogP contribution in [0, 0.1) is 0 Å². The van der Waals surface area contributed by atoms with E-state index in [0.717, 1.165) is 5.69 Å². The van der Waals surface area contributed by atoms with Crippen molar-refractivity contribution < 1.29 is 9.53 Å². The molecule has 0 aliphatic heterocycles. The predicted octanol–water partition coefficient (Wildman–Crippen LogP) is 4.79. The first-order valence-corrected chi connectivity index (χ1v) is 10.1. The summed E-state index contributed by atoms with van der Waals surface area (Å²) in [5.41, 5.74) is 3.25. The molecule has 0 unspecified atom stereocenters. The van der Waals surface area contributed by atoms with Crippen LogP contribution in [0.2, 0.25) is 0 Å². The third-order valence-corrected chi connectivity index (χ3v) is 4.73. The van der Waals surface area contributed by atoms with Gasteiger partial charge in [0.1, 0.15) is 5.75 Å². The second kappa shape index (κ2) is 9.89. The number of carbonyl (C=O) groups is 1. The maximum Gasteiger partial charge on any atom is 0.257 e. The lowest BCUT2D eigenvalue weighted by Crippen LogP contribution is -2.36. The molecule has 31 heavy (non-hydrogen) atoms. The Bertz CT molecular complexity index is 1040. The molecular weight excluding hydrogens is 388 g/mol. The van der Waals surface area contributed by atoms with Gasteiger partial charge in [0.05, 0.1) is 25.0 Å². The van der Waals surface area contributed by atoms with E-state index in [-0.39, 0.29) is 11.3 Å². The standard InChI is InChI=1S/C25H28N4O2/c1-25(2,3)19-14-12-18(13-15-19)23(30)29-24(27-17-20-9-7-8-16-26-20)28-21-10-5-6-11-22(21)31-4/h5-16H,17H2,1-4H3,(H2,27,28,29,30). The molecule has 0 radical (unpaired) electrons. The number of aliphatic imine (C=N–C) groups is 1. The number of anilines is 1. The van der Waals surface area contributed by atoms with Crippen molar-refractivity contribution in [2.75, 3.05) is 12.4 Å². The average Bonchev–Trinajstić information content (AvgIpc) is 2.78. The Morgan fingerprint density at radius 3 is 2.35 bits per heavy atom. The summed E-state index contributed by atoms with van der Waals surface area (Å²) in [6.07, 6.45) is 1.72. The molecule has 6 heteroatoms. The molecule has 3 rings (SSSR count). The van der Waals surface area contributed by atoms with Crippen LogP contribution in [0.1, 0.15) is 42.4 Å². The highest BCUT2D eigenvalue weighted by molar-refractivity contribution is 6.10. The van der Waals surface area contributed by atoms with Gasteiger partial charge in [-0.3, -0.25) is 15.1 Å². The van der Waals surface area contributed by atoms with E-state index in [1.807, 2.05) is 66.7 Å². The van der Waals surface area contributed by atoms with E-state index < -0.39 is 0 Å². The summed E-state index contributed by atoms with van der Waals surface area (Å²) in [6, 6.07) is 20.7. The van der Waals surface area contributed by atoms with Crippen LogP contribution in [0.4, 0.5) is 5.69 Å². The van der Waals surface area contributed by atoms with Crippen LogP contribution in [0.3, 0.4) is 0 Å². The highest BCUT2D eigenvalue weighted by atomic mass is 16.5. The highest BCUT2D eigenvalue weighted by Crippen LogP contribution is 2.23. The number of amides is 1. The van der Waals surface area contributed by atoms with E-state index in [4.69, 9.17) is 4.74 Å². The van der Waals surface area contributed by atoms with Crippen molar-refractivity contribution in [3.8, 4) is 5.75 Å². The first-order valence-electron chi connectivity index (χ1n) is 10.1. The van der Waals surface area contributed by atoms with Gasteiger partial charge in [-0.2, -0.15) is 0 Å². The number of para-hydroxylation sites is 2. The molecule has 2 aromatic carbocycles. The van der Waals surface area contributed by atoms with Crippen molar-refractivity contribution in [2.24, 2.45) is 4.99 Å². The fraction of sp³-hybridized carbons (Fsp3) is 0.240. The fourth-order valence-electron chi connectivity index (χ4n) is 2.94. The zero-order valence-electron chi connectivity index (χ0n) is 18.3. The molecule has 1 heterocycles. The molecule has 2 N–H and O–H groups in total. The van der Waals surface area contributed by atoms with Crippen LogP contribution in [-0.2, 0) is 12.0 Å². The van der Waals surface area contributed by atoms with E-state index in [9.17, 15) is 4.79 Å². The number of ether oxygens (including phenoxy) is 1. The summed E-state index contributed by atoms with van der Waals surface area (Å²) in [7, 11) is 1.60. The largest absolute Gasteiger partial charge is 0.495 e. The second-order valence-electron chi connectivity index (χ2n) is 8.09. The predicted molar refractivity (Wildman–Crippen MR) is 125 cm³/mol. The van der Waals surface area contributed by atoms with E-state index in [1.165, 1.54) is 5.56 Å². The van der Waals surface area contributed by atoms with Gasteiger partial charge >= 0.3 is 0 Å². The molecule has 0 aliphatic rings. The Morgan fingerprint density at radius 1 is 1.00 bits per heavy atom. The quantitative estimate of drug-likeness (QED) is 0.463. The molecular formula is C25H28N4O2. The van der Waals surface area contributed by atoms with E-state index in [1.54, 1.807) is 13.3 Å². The molecule has 0 bridgehead atoms. The summed E-state index contributed by atoms with van der Waals surface area (Å²) < 4.78 is 5.40. The minimum Gasteiger partial charge on any atom is -0.495 e. The Labute approximate surface area is 183 Å². The number of rotatable bonds is 5. The number of pyridine rings is 1. The van der Waals surface area contributed by atoms with Crippen molar-refractivity contribution in [3.63, 3.8) is 0 Å². The van der Waals surface area contributed by atoms with E-state index in [2.05, 4.69) is 41.4 Å².